The maximum atomic E-state index is 3.57. The van der Waals surface area contributed by atoms with Crippen LogP contribution in [0.15, 0.2) is 0 Å². The Balaban J connectivity index is 1.90. The van der Waals surface area contributed by atoms with Gasteiger partial charge in [-0.25, -0.2) is 0 Å². The molecule has 0 aromatic rings. The highest BCUT2D eigenvalue weighted by Crippen LogP contribution is 2.21. The fourth-order valence-electron chi connectivity index (χ4n) is 2.92. The molecule has 18 heavy (non-hydrogen) atoms. The summed E-state index contributed by atoms with van der Waals surface area (Å²) in [6.45, 7) is 8.26. The Hall–Kier alpha value is -0.0800. The number of rotatable bonds is 9. The van der Waals surface area contributed by atoms with Crippen LogP contribution in [0.3, 0.4) is 0 Å². The van der Waals surface area contributed by atoms with Gasteiger partial charge in [-0.15, -0.1) is 0 Å². The van der Waals surface area contributed by atoms with Crippen LogP contribution >= 0.6 is 0 Å². The third-order valence-electron chi connectivity index (χ3n) is 4.20. The minimum atomic E-state index is 0.851. The molecule has 0 radical (unpaired) electrons. The van der Waals surface area contributed by atoms with E-state index in [1.807, 2.05) is 0 Å². The van der Waals surface area contributed by atoms with Crippen molar-refractivity contribution in [2.75, 3.05) is 26.7 Å². The molecule has 1 aliphatic rings. The zero-order chi connectivity index (χ0) is 13.2. The monoisotopic (exact) mass is 254 g/mol. The number of hydrogen-bond acceptors (Lipinski definition) is 2. The van der Waals surface area contributed by atoms with Gasteiger partial charge in [0, 0.05) is 6.04 Å². The Bertz CT molecular complexity index is 186. The minimum Gasteiger partial charge on any atom is -0.317 e. The van der Waals surface area contributed by atoms with Gasteiger partial charge in [0.1, 0.15) is 0 Å². The predicted molar refractivity (Wildman–Crippen MR) is 81.1 cm³/mol. The van der Waals surface area contributed by atoms with E-state index in [0.29, 0.717) is 0 Å². The normalized spacial score (nSPS) is 17.8. The second kappa shape index (κ2) is 9.80. The first-order valence-corrected chi connectivity index (χ1v) is 8.11. The van der Waals surface area contributed by atoms with Crippen LogP contribution < -0.4 is 5.32 Å². The highest BCUT2D eigenvalue weighted by molar-refractivity contribution is 4.73. The summed E-state index contributed by atoms with van der Waals surface area (Å²) >= 11 is 0. The first-order chi connectivity index (χ1) is 8.70. The van der Waals surface area contributed by atoms with Crippen molar-refractivity contribution in [3.63, 3.8) is 0 Å². The summed E-state index contributed by atoms with van der Waals surface area (Å²) in [5.41, 5.74) is 0. The molecule has 0 heterocycles. The Morgan fingerprint density at radius 1 is 1.06 bits per heavy atom. The Kier molecular flexibility index (Phi) is 8.70. The molecule has 2 heteroatoms. The summed E-state index contributed by atoms with van der Waals surface area (Å²) in [6, 6.07) is 0.875. The summed E-state index contributed by atoms with van der Waals surface area (Å²) < 4.78 is 0. The van der Waals surface area contributed by atoms with Crippen LogP contribution in [0.5, 0.6) is 0 Å². The molecule has 1 fully saturated rings. The van der Waals surface area contributed by atoms with Crippen LogP contribution in [0, 0.1) is 5.92 Å². The van der Waals surface area contributed by atoms with Gasteiger partial charge in [-0.1, -0.05) is 33.1 Å². The van der Waals surface area contributed by atoms with E-state index >= 15 is 0 Å². The summed E-state index contributed by atoms with van der Waals surface area (Å²) in [7, 11) is 2.31. The van der Waals surface area contributed by atoms with Crippen molar-refractivity contribution in [2.45, 2.75) is 71.3 Å². The van der Waals surface area contributed by atoms with Gasteiger partial charge in [-0.2, -0.15) is 0 Å². The fourth-order valence-corrected chi connectivity index (χ4v) is 2.92. The van der Waals surface area contributed by atoms with Crippen molar-refractivity contribution in [2.24, 2.45) is 5.92 Å². The van der Waals surface area contributed by atoms with Gasteiger partial charge in [0.25, 0.3) is 0 Å². The SMILES string of the molecule is CC(C)CCCNCCCN(C)C1CCCCC1. The van der Waals surface area contributed by atoms with Crippen molar-refractivity contribution in [3.05, 3.63) is 0 Å². The lowest BCUT2D eigenvalue weighted by Crippen LogP contribution is -2.35. The summed E-state index contributed by atoms with van der Waals surface area (Å²) in [5, 5.41) is 3.57. The van der Waals surface area contributed by atoms with Gasteiger partial charge in [-0.05, 0) is 64.7 Å². The lowest BCUT2D eigenvalue weighted by molar-refractivity contribution is 0.189. The summed E-state index contributed by atoms with van der Waals surface area (Å²) in [5.74, 6) is 0.851. The molecular weight excluding hydrogens is 220 g/mol. The smallest absolute Gasteiger partial charge is 0.00922 e. The number of nitrogens with zero attached hydrogens (tertiary/aromatic N) is 1. The van der Waals surface area contributed by atoms with Gasteiger partial charge in [-0.3, -0.25) is 0 Å². The van der Waals surface area contributed by atoms with Crippen molar-refractivity contribution in [3.8, 4) is 0 Å². The van der Waals surface area contributed by atoms with Gasteiger partial charge < -0.3 is 10.2 Å². The van der Waals surface area contributed by atoms with Crippen molar-refractivity contribution in [1.29, 1.82) is 0 Å². The zero-order valence-electron chi connectivity index (χ0n) is 12.9. The third-order valence-corrected chi connectivity index (χ3v) is 4.20. The molecule has 1 aliphatic carbocycles. The Morgan fingerprint density at radius 2 is 1.72 bits per heavy atom. The van der Waals surface area contributed by atoms with E-state index in [1.54, 1.807) is 0 Å². The Morgan fingerprint density at radius 3 is 2.39 bits per heavy atom. The molecule has 1 saturated carbocycles. The van der Waals surface area contributed by atoms with Gasteiger partial charge in [0.2, 0.25) is 0 Å². The Labute approximate surface area is 115 Å². The van der Waals surface area contributed by atoms with Crippen molar-refractivity contribution in [1.82, 2.24) is 10.2 Å². The van der Waals surface area contributed by atoms with Crippen LogP contribution in [-0.4, -0.2) is 37.6 Å². The van der Waals surface area contributed by atoms with Gasteiger partial charge in [0.15, 0.2) is 0 Å². The average molecular weight is 254 g/mol. The second-order valence-corrected chi connectivity index (χ2v) is 6.41. The standard InChI is InChI=1S/C16H34N2/c1-15(2)9-7-12-17-13-8-14-18(3)16-10-5-4-6-11-16/h15-17H,4-14H2,1-3H3. The van der Waals surface area contributed by atoms with Crippen LogP contribution in [-0.2, 0) is 0 Å². The molecular formula is C16H34N2. The van der Waals surface area contributed by atoms with Gasteiger partial charge in [0.05, 0.1) is 0 Å². The molecule has 1 N–H and O–H groups in total. The molecule has 0 spiro atoms. The highest BCUT2D eigenvalue weighted by Gasteiger charge is 2.16. The number of hydrogen-bond donors (Lipinski definition) is 1. The molecule has 0 aromatic heterocycles. The van der Waals surface area contributed by atoms with E-state index in [0.717, 1.165) is 12.0 Å². The quantitative estimate of drug-likeness (QED) is 0.632. The molecule has 0 amide bonds. The lowest BCUT2D eigenvalue weighted by atomic mass is 9.94. The first-order valence-electron chi connectivity index (χ1n) is 8.11. The average Bonchev–Trinajstić information content (AvgIpc) is 2.38. The summed E-state index contributed by atoms with van der Waals surface area (Å²) in [6.07, 6.45) is 11.2. The van der Waals surface area contributed by atoms with Crippen molar-refractivity contribution >= 4 is 0 Å². The molecule has 0 aliphatic heterocycles. The highest BCUT2D eigenvalue weighted by atomic mass is 15.1. The van der Waals surface area contributed by atoms with Gasteiger partial charge >= 0.3 is 0 Å². The van der Waals surface area contributed by atoms with E-state index in [4.69, 9.17) is 0 Å². The minimum absolute atomic E-state index is 0.851. The van der Waals surface area contributed by atoms with Crippen LogP contribution in [0.2, 0.25) is 0 Å². The van der Waals surface area contributed by atoms with Crippen LogP contribution in [0.25, 0.3) is 0 Å². The first kappa shape index (κ1) is 16.0. The van der Waals surface area contributed by atoms with E-state index in [2.05, 4.69) is 31.1 Å². The van der Waals surface area contributed by atoms with E-state index < -0.39 is 0 Å². The molecule has 2 nitrogen and oxygen atoms in total. The molecule has 0 unspecified atom stereocenters. The predicted octanol–water partition coefficient (Wildman–Crippen LogP) is 3.67. The lowest BCUT2D eigenvalue weighted by Gasteiger charge is -2.31. The maximum absolute atomic E-state index is 3.57. The molecule has 1 rings (SSSR count). The molecule has 0 saturated heterocycles. The van der Waals surface area contributed by atoms with E-state index in [1.165, 1.54) is 71.0 Å². The molecule has 0 aromatic carbocycles. The molecule has 0 atom stereocenters. The number of nitrogens with one attached hydrogen (secondary N) is 1. The maximum Gasteiger partial charge on any atom is 0.00922 e. The van der Waals surface area contributed by atoms with Crippen LogP contribution in [0.4, 0.5) is 0 Å². The topological polar surface area (TPSA) is 15.3 Å². The molecule has 108 valence electrons. The second-order valence-electron chi connectivity index (χ2n) is 6.41. The zero-order valence-corrected chi connectivity index (χ0v) is 12.9. The molecule has 0 bridgehead atoms. The fraction of sp³-hybridized carbons (Fsp3) is 1.00. The summed E-state index contributed by atoms with van der Waals surface area (Å²) in [4.78, 5) is 2.59. The van der Waals surface area contributed by atoms with E-state index in [-0.39, 0.29) is 0 Å². The third kappa shape index (κ3) is 7.38. The van der Waals surface area contributed by atoms with E-state index in [9.17, 15) is 0 Å². The van der Waals surface area contributed by atoms with Crippen LogP contribution in [0.1, 0.15) is 65.2 Å². The largest absolute Gasteiger partial charge is 0.317 e. The van der Waals surface area contributed by atoms with Crippen molar-refractivity contribution < 1.29 is 0 Å².